The summed E-state index contributed by atoms with van der Waals surface area (Å²) in [5.74, 6) is 0.783. The van der Waals surface area contributed by atoms with Gasteiger partial charge in [-0.1, -0.05) is 6.07 Å². The van der Waals surface area contributed by atoms with Gasteiger partial charge in [0.1, 0.15) is 11.5 Å². The average Bonchev–Trinajstić information content (AvgIpc) is 2.63. The third kappa shape index (κ3) is 5.21. The van der Waals surface area contributed by atoms with Crippen LogP contribution in [0.1, 0.15) is 12.5 Å². The molecule has 7 nitrogen and oxygen atoms in total. The lowest BCUT2D eigenvalue weighted by Crippen LogP contribution is -2.35. The molecule has 0 aromatic heterocycles. The molecule has 0 bridgehead atoms. The van der Waals surface area contributed by atoms with Gasteiger partial charge >= 0.3 is 0 Å². The van der Waals surface area contributed by atoms with E-state index in [4.69, 9.17) is 9.47 Å². The fourth-order valence-electron chi connectivity index (χ4n) is 2.47. The van der Waals surface area contributed by atoms with E-state index in [-0.39, 0.29) is 11.4 Å². The van der Waals surface area contributed by atoms with Crippen LogP contribution in [0.4, 0.5) is 5.69 Å². The number of methoxy groups -OCH3 is 1. The number of benzene rings is 2. The van der Waals surface area contributed by atoms with Gasteiger partial charge in [-0.2, -0.15) is 4.31 Å². The van der Waals surface area contributed by atoms with Crippen molar-refractivity contribution in [2.45, 2.75) is 18.7 Å². The largest absolute Gasteiger partial charge is 0.497 e. The van der Waals surface area contributed by atoms with Crippen LogP contribution in [0.15, 0.2) is 47.4 Å². The maximum atomic E-state index is 12.7. The summed E-state index contributed by atoms with van der Waals surface area (Å²) < 4.78 is 37.0. The summed E-state index contributed by atoms with van der Waals surface area (Å²) in [5.41, 5.74) is 1.24. The summed E-state index contributed by atoms with van der Waals surface area (Å²) in [6.45, 7) is 3.82. The van der Waals surface area contributed by atoms with E-state index in [2.05, 4.69) is 5.32 Å². The molecule has 27 heavy (non-hydrogen) atoms. The van der Waals surface area contributed by atoms with E-state index >= 15 is 0 Å². The minimum absolute atomic E-state index is 0.111. The Labute approximate surface area is 160 Å². The first-order chi connectivity index (χ1) is 12.8. The number of nitrogens with zero attached hydrogens (tertiary/aromatic N) is 1. The van der Waals surface area contributed by atoms with Crippen molar-refractivity contribution >= 4 is 21.6 Å². The van der Waals surface area contributed by atoms with E-state index in [9.17, 15) is 13.2 Å². The lowest BCUT2D eigenvalue weighted by molar-refractivity contribution is -0.116. The van der Waals surface area contributed by atoms with E-state index < -0.39 is 15.9 Å². The number of hydrogen-bond acceptors (Lipinski definition) is 5. The molecule has 8 heteroatoms. The van der Waals surface area contributed by atoms with Gasteiger partial charge in [0.2, 0.25) is 15.9 Å². The predicted octanol–water partition coefficient (Wildman–Crippen LogP) is 2.66. The number of carbonyl (C=O) groups is 1. The second-order valence-corrected chi connectivity index (χ2v) is 7.95. The zero-order valence-electron chi connectivity index (χ0n) is 15.9. The summed E-state index contributed by atoms with van der Waals surface area (Å²) in [5, 5.41) is 2.66. The predicted molar refractivity (Wildman–Crippen MR) is 104 cm³/mol. The molecule has 2 rings (SSSR count). The number of rotatable bonds is 8. The Balaban J connectivity index is 2.10. The number of amides is 1. The van der Waals surface area contributed by atoms with Crippen molar-refractivity contribution < 1.29 is 22.7 Å². The fraction of sp³-hybridized carbons (Fsp3) is 0.316. The summed E-state index contributed by atoms with van der Waals surface area (Å²) in [6, 6.07) is 11.5. The second-order valence-electron chi connectivity index (χ2n) is 5.90. The second kappa shape index (κ2) is 8.88. The van der Waals surface area contributed by atoms with Crippen LogP contribution in [0.5, 0.6) is 11.5 Å². The Morgan fingerprint density at radius 3 is 2.56 bits per heavy atom. The first-order valence-electron chi connectivity index (χ1n) is 8.41. The molecule has 0 radical (unpaired) electrons. The molecule has 0 aliphatic heterocycles. The van der Waals surface area contributed by atoms with Crippen LogP contribution in [-0.4, -0.2) is 45.9 Å². The lowest BCUT2D eigenvalue weighted by Gasteiger charge is -2.18. The van der Waals surface area contributed by atoms with Gasteiger partial charge in [-0.05, 0) is 49.7 Å². The molecular weight excluding hydrogens is 368 g/mol. The van der Waals surface area contributed by atoms with Crippen LogP contribution in [0.3, 0.4) is 0 Å². The Morgan fingerprint density at radius 2 is 1.93 bits per heavy atom. The highest BCUT2D eigenvalue weighted by Crippen LogP contribution is 2.23. The summed E-state index contributed by atoms with van der Waals surface area (Å²) in [4.78, 5) is 12.3. The van der Waals surface area contributed by atoms with E-state index in [0.717, 1.165) is 4.31 Å². The molecule has 0 heterocycles. The smallest absolute Gasteiger partial charge is 0.243 e. The zero-order valence-corrected chi connectivity index (χ0v) is 16.7. The molecule has 1 amide bonds. The molecule has 0 fully saturated rings. The van der Waals surface area contributed by atoms with Gasteiger partial charge in [-0.25, -0.2) is 8.42 Å². The SMILES string of the molecule is CCOc1ccc(S(=O)(=O)N(C)CC(=O)Nc2cccc(OC)c2)cc1C. The van der Waals surface area contributed by atoms with Gasteiger partial charge in [-0.3, -0.25) is 4.79 Å². The number of likely N-dealkylation sites (N-methyl/N-ethyl adjacent to an activating group) is 1. The van der Waals surface area contributed by atoms with E-state index in [1.807, 2.05) is 6.92 Å². The molecule has 146 valence electrons. The number of ether oxygens (including phenoxy) is 2. The average molecular weight is 392 g/mol. The van der Waals surface area contributed by atoms with Gasteiger partial charge in [0, 0.05) is 18.8 Å². The van der Waals surface area contributed by atoms with Crippen LogP contribution in [-0.2, 0) is 14.8 Å². The van der Waals surface area contributed by atoms with Crippen LogP contribution in [0, 0.1) is 6.92 Å². The Hall–Kier alpha value is -2.58. The van der Waals surface area contributed by atoms with E-state index in [1.54, 1.807) is 37.3 Å². The maximum Gasteiger partial charge on any atom is 0.243 e. The van der Waals surface area contributed by atoms with Crippen LogP contribution in [0.25, 0.3) is 0 Å². The normalized spacial score (nSPS) is 11.3. The van der Waals surface area contributed by atoms with Crippen molar-refractivity contribution in [2.75, 3.05) is 32.6 Å². The van der Waals surface area contributed by atoms with E-state index in [1.165, 1.54) is 26.3 Å². The van der Waals surface area contributed by atoms with Gasteiger partial charge in [0.25, 0.3) is 0 Å². The Morgan fingerprint density at radius 1 is 1.19 bits per heavy atom. The number of sulfonamides is 1. The van der Waals surface area contributed by atoms with Crippen molar-refractivity contribution in [3.05, 3.63) is 48.0 Å². The zero-order chi connectivity index (χ0) is 20.0. The standard InChI is InChI=1S/C19H24N2O5S/c1-5-26-18-10-9-17(11-14(18)2)27(23,24)21(3)13-19(22)20-15-7-6-8-16(12-15)25-4/h6-12H,5,13H2,1-4H3,(H,20,22). The fourth-order valence-corrected chi connectivity index (χ4v) is 3.68. The van der Waals surface area contributed by atoms with Crippen LogP contribution >= 0.6 is 0 Å². The first-order valence-corrected chi connectivity index (χ1v) is 9.85. The number of hydrogen-bond donors (Lipinski definition) is 1. The van der Waals surface area contributed by atoms with Gasteiger partial charge in [0.05, 0.1) is 25.2 Å². The number of anilines is 1. The Kier molecular flexibility index (Phi) is 6.81. The van der Waals surface area contributed by atoms with Crippen molar-refractivity contribution in [2.24, 2.45) is 0 Å². The molecule has 1 N–H and O–H groups in total. The third-order valence-electron chi connectivity index (χ3n) is 3.87. The molecule has 0 atom stereocenters. The van der Waals surface area contributed by atoms with Crippen LogP contribution < -0.4 is 14.8 Å². The van der Waals surface area contributed by atoms with E-state index in [0.29, 0.717) is 29.4 Å². The first kappa shape index (κ1) is 20.7. The number of nitrogens with one attached hydrogen (secondary N) is 1. The molecule has 0 aliphatic carbocycles. The number of carbonyl (C=O) groups excluding carboxylic acids is 1. The van der Waals surface area contributed by atoms with Gasteiger partial charge in [-0.15, -0.1) is 0 Å². The van der Waals surface area contributed by atoms with Crippen molar-refractivity contribution in [1.29, 1.82) is 0 Å². The molecule has 0 aliphatic rings. The molecular formula is C19H24N2O5S. The molecule has 2 aromatic rings. The molecule has 2 aromatic carbocycles. The summed E-state index contributed by atoms with van der Waals surface area (Å²) in [6.07, 6.45) is 0. The summed E-state index contributed by atoms with van der Waals surface area (Å²) in [7, 11) is -0.906. The van der Waals surface area contributed by atoms with Crippen molar-refractivity contribution in [3.63, 3.8) is 0 Å². The van der Waals surface area contributed by atoms with Crippen molar-refractivity contribution in [1.82, 2.24) is 4.31 Å². The highest BCUT2D eigenvalue weighted by molar-refractivity contribution is 7.89. The third-order valence-corrected chi connectivity index (χ3v) is 5.67. The molecule has 0 unspecified atom stereocenters. The highest BCUT2D eigenvalue weighted by atomic mass is 32.2. The topological polar surface area (TPSA) is 84.9 Å². The lowest BCUT2D eigenvalue weighted by atomic mass is 10.2. The highest BCUT2D eigenvalue weighted by Gasteiger charge is 2.23. The molecule has 0 saturated heterocycles. The summed E-state index contributed by atoms with van der Waals surface area (Å²) >= 11 is 0. The number of aryl methyl sites for hydroxylation is 1. The van der Waals surface area contributed by atoms with Crippen molar-refractivity contribution in [3.8, 4) is 11.5 Å². The maximum absolute atomic E-state index is 12.7. The quantitative estimate of drug-likeness (QED) is 0.747. The molecule has 0 spiro atoms. The monoisotopic (exact) mass is 392 g/mol. The van der Waals surface area contributed by atoms with Gasteiger partial charge in [0.15, 0.2) is 0 Å². The minimum Gasteiger partial charge on any atom is -0.497 e. The minimum atomic E-state index is -3.80. The van der Waals surface area contributed by atoms with Gasteiger partial charge < -0.3 is 14.8 Å². The Bertz CT molecular complexity index is 912. The molecule has 0 saturated carbocycles. The van der Waals surface area contributed by atoms with Crippen LogP contribution in [0.2, 0.25) is 0 Å².